The van der Waals surface area contributed by atoms with Crippen molar-refractivity contribution in [3.63, 3.8) is 0 Å². The zero-order valence-corrected chi connectivity index (χ0v) is 9.81. The lowest BCUT2D eigenvalue weighted by Crippen LogP contribution is -2.15. The van der Waals surface area contributed by atoms with Gasteiger partial charge in [-0.05, 0) is 31.0 Å². The Bertz CT molecular complexity index is 487. The Morgan fingerprint density at radius 1 is 1.39 bits per heavy atom. The van der Waals surface area contributed by atoms with Gasteiger partial charge < -0.3 is 15.9 Å². The van der Waals surface area contributed by atoms with E-state index in [0.717, 1.165) is 6.07 Å². The van der Waals surface area contributed by atoms with Crippen LogP contribution in [0.15, 0.2) is 12.1 Å². The molecule has 0 saturated carbocycles. The van der Waals surface area contributed by atoms with E-state index in [4.69, 9.17) is 15.9 Å². The maximum absolute atomic E-state index is 13.6. The van der Waals surface area contributed by atoms with E-state index in [1.165, 1.54) is 13.0 Å². The van der Waals surface area contributed by atoms with Gasteiger partial charge in [-0.1, -0.05) is 0 Å². The summed E-state index contributed by atoms with van der Waals surface area (Å²) in [5, 5.41) is 17.4. The molecule has 1 aromatic rings. The highest BCUT2D eigenvalue weighted by atomic mass is 19.1. The highest BCUT2D eigenvalue weighted by molar-refractivity contribution is 5.89. The number of hydrogen-bond donors (Lipinski definition) is 3. The van der Waals surface area contributed by atoms with Gasteiger partial charge in [-0.25, -0.2) is 9.18 Å². The van der Waals surface area contributed by atoms with Crippen molar-refractivity contribution in [1.82, 2.24) is 0 Å². The third-order valence-corrected chi connectivity index (χ3v) is 2.64. The van der Waals surface area contributed by atoms with Gasteiger partial charge >= 0.3 is 11.9 Å². The molecule has 0 aromatic heterocycles. The summed E-state index contributed by atoms with van der Waals surface area (Å²) in [4.78, 5) is 21.3. The predicted molar refractivity (Wildman–Crippen MR) is 61.9 cm³/mol. The molecule has 0 amide bonds. The molecule has 4 N–H and O–H groups in total. The van der Waals surface area contributed by atoms with Gasteiger partial charge in [0.1, 0.15) is 5.82 Å². The number of aryl methyl sites for hydroxylation is 1. The number of carboxylic acid groups (broad SMARTS) is 2. The second-order valence-corrected chi connectivity index (χ2v) is 4.03. The summed E-state index contributed by atoms with van der Waals surface area (Å²) >= 11 is 0. The van der Waals surface area contributed by atoms with Crippen LogP contribution in [-0.4, -0.2) is 22.2 Å². The third kappa shape index (κ3) is 3.27. The van der Waals surface area contributed by atoms with Crippen LogP contribution in [-0.2, 0) is 4.79 Å². The van der Waals surface area contributed by atoms with Crippen LogP contribution in [0.4, 0.5) is 4.39 Å². The lowest BCUT2D eigenvalue weighted by Gasteiger charge is -2.14. The van der Waals surface area contributed by atoms with Crippen LogP contribution in [0.3, 0.4) is 0 Å². The second-order valence-electron chi connectivity index (χ2n) is 4.03. The number of carboxylic acids is 2. The topological polar surface area (TPSA) is 101 Å². The largest absolute Gasteiger partial charge is 0.481 e. The predicted octanol–water partition coefficient (Wildman–Crippen LogP) is 1.70. The average Bonchev–Trinajstić information content (AvgIpc) is 2.25. The molecule has 1 unspecified atom stereocenters. The van der Waals surface area contributed by atoms with Crippen molar-refractivity contribution in [2.24, 2.45) is 5.73 Å². The van der Waals surface area contributed by atoms with Crippen molar-refractivity contribution in [2.45, 2.75) is 25.8 Å². The summed E-state index contributed by atoms with van der Waals surface area (Å²) in [5.74, 6) is -2.81. The van der Waals surface area contributed by atoms with Crippen molar-refractivity contribution in [1.29, 1.82) is 0 Å². The van der Waals surface area contributed by atoms with Crippen LogP contribution < -0.4 is 5.73 Å². The van der Waals surface area contributed by atoms with Gasteiger partial charge in [0.15, 0.2) is 0 Å². The molecule has 1 aromatic carbocycles. The minimum Gasteiger partial charge on any atom is -0.481 e. The van der Waals surface area contributed by atoms with Crippen molar-refractivity contribution >= 4 is 11.9 Å². The van der Waals surface area contributed by atoms with Gasteiger partial charge in [-0.15, -0.1) is 0 Å². The van der Waals surface area contributed by atoms with E-state index in [2.05, 4.69) is 0 Å². The highest BCUT2D eigenvalue weighted by Gasteiger charge is 2.17. The minimum atomic E-state index is -1.17. The first-order valence-electron chi connectivity index (χ1n) is 5.33. The molecule has 0 radical (unpaired) electrons. The Morgan fingerprint density at radius 3 is 2.50 bits per heavy atom. The summed E-state index contributed by atoms with van der Waals surface area (Å²) in [7, 11) is 0. The smallest absolute Gasteiger partial charge is 0.335 e. The SMILES string of the molecule is Cc1cc(F)c(C(N)CCC(=O)O)cc1C(=O)O. The first-order valence-corrected chi connectivity index (χ1v) is 5.33. The van der Waals surface area contributed by atoms with Crippen LogP contribution in [0.5, 0.6) is 0 Å². The molecule has 1 rings (SSSR count). The van der Waals surface area contributed by atoms with E-state index in [-0.39, 0.29) is 24.0 Å². The number of halogens is 1. The van der Waals surface area contributed by atoms with E-state index in [1.54, 1.807) is 0 Å². The number of nitrogens with two attached hydrogens (primary N) is 1. The Balaban J connectivity index is 3.04. The summed E-state index contributed by atoms with van der Waals surface area (Å²) < 4.78 is 13.6. The van der Waals surface area contributed by atoms with E-state index >= 15 is 0 Å². The van der Waals surface area contributed by atoms with Crippen molar-refractivity contribution in [3.8, 4) is 0 Å². The summed E-state index contributed by atoms with van der Waals surface area (Å²) in [6.07, 6.45) is -0.148. The molecule has 6 heteroatoms. The second kappa shape index (κ2) is 5.59. The van der Waals surface area contributed by atoms with Crippen LogP contribution >= 0.6 is 0 Å². The van der Waals surface area contributed by atoms with Gasteiger partial charge in [-0.2, -0.15) is 0 Å². The monoisotopic (exact) mass is 255 g/mol. The molecule has 0 aliphatic carbocycles. The number of hydrogen-bond acceptors (Lipinski definition) is 3. The van der Waals surface area contributed by atoms with E-state index in [0.29, 0.717) is 5.56 Å². The van der Waals surface area contributed by atoms with E-state index in [9.17, 15) is 14.0 Å². The molecule has 1 atom stereocenters. The number of rotatable bonds is 5. The Kier molecular flexibility index (Phi) is 4.38. The highest BCUT2D eigenvalue weighted by Crippen LogP contribution is 2.23. The maximum Gasteiger partial charge on any atom is 0.335 e. The van der Waals surface area contributed by atoms with Gasteiger partial charge in [0.25, 0.3) is 0 Å². The summed E-state index contributed by atoms with van der Waals surface area (Å²) in [5.41, 5.74) is 5.96. The normalized spacial score (nSPS) is 12.2. The van der Waals surface area contributed by atoms with Crippen molar-refractivity contribution < 1.29 is 24.2 Å². The molecular weight excluding hydrogens is 241 g/mol. The van der Waals surface area contributed by atoms with Gasteiger partial charge in [0.05, 0.1) is 5.56 Å². The molecule has 0 aliphatic heterocycles. The standard InChI is InChI=1S/C12H14FNO4/c1-6-4-9(13)8(5-7(6)12(17)18)10(14)2-3-11(15)16/h4-5,10H,2-3,14H2,1H3,(H,15,16)(H,17,18). The average molecular weight is 255 g/mol. The van der Waals surface area contributed by atoms with Gasteiger partial charge in [-0.3, -0.25) is 4.79 Å². The molecule has 0 aliphatic rings. The molecule has 18 heavy (non-hydrogen) atoms. The third-order valence-electron chi connectivity index (χ3n) is 2.64. The van der Waals surface area contributed by atoms with E-state index < -0.39 is 23.8 Å². The Labute approximate surface area is 103 Å². The summed E-state index contributed by atoms with van der Waals surface area (Å²) in [6, 6.07) is 1.43. The number of aromatic carboxylic acids is 1. The van der Waals surface area contributed by atoms with Crippen LogP contribution in [0.2, 0.25) is 0 Å². The first kappa shape index (κ1) is 14.1. The minimum absolute atomic E-state index is 0.0271. The molecule has 0 spiro atoms. The molecule has 5 nitrogen and oxygen atoms in total. The van der Waals surface area contributed by atoms with Crippen LogP contribution in [0.25, 0.3) is 0 Å². The molecule has 0 fully saturated rings. The lowest BCUT2D eigenvalue weighted by molar-refractivity contribution is -0.137. The fourth-order valence-electron chi connectivity index (χ4n) is 1.64. The van der Waals surface area contributed by atoms with Gasteiger partial charge in [0.2, 0.25) is 0 Å². The Morgan fingerprint density at radius 2 is 2.00 bits per heavy atom. The summed E-state index contributed by atoms with van der Waals surface area (Å²) in [6.45, 7) is 1.49. The fourth-order valence-corrected chi connectivity index (χ4v) is 1.64. The Hall–Kier alpha value is -1.95. The quantitative estimate of drug-likeness (QED) is 0.743. The molecule has 0 bridgehead atoms. The molecule has 98 valence electrons. The van der Waals surface area contributed by atoms with Crippen molar-refractivity contribution in [3.05, 3.63) is 34.6 Å². The molecular formula is C12H14FNO4. The molecule has 0 saturated heterocycles. The first-order chi connectivity index (χ1) is 8.32. The fraction of sp³-hybridized carbons (Fsp3) is 0.333. The number of benzene rings is 1. The van der Waals surface area contributed by atoms with Crippen LogP contribution in [0, 0.1) is 12.7 Å². The number of aliphatic carboxylic acids is 1. The lowest BCUT2D eigenvalue weighted by atomic mass is 9.97. The van der Waals surface area contributed by atoms with E-state index in [1.807, 2.05) is 0 Å². The number of carbonyl (C=O) groups is 2. The van der Waals surface area contributed by atoms with Crippen molar-refractivity contribution in [2.75, 3.05) is 0 Å². The van der Waals surface area contributed by atoms with Gasteiger partial charge in [0, 0.05) is 18.0 Å². The maximum atomic E-state index is 13.6. The van der Waals surface area contributed by atoms with Crippen LogP contribution in [0.1, 0.15) is 40.4 Å². The molecule has 0 heterocycles. The zero-order valence-electron chi connectivity index (χ0n) is 9.81. The zero-order chi connectivity index (χ0) is 13.9.